The van der Waals surface area contributed by atoms with E-state index in [4.69, 9.17) is 16.7 Å². The van der Waals surface area contributed by atoms with Gasteiger partial charge in [-0.15, -0.1) is 0 Å². The predicted octanol–water partition coefficient (Wildman–Crippen LogP) is 2.25. The number of nitrogens with one attached hydrogen (secondary N) is 1. The molecule has 5 nitrogen and oxygen atoms in total. The van der Waals surface area contributed by atoms with Crippen LogP contribution in [0.5, 0.6) is 0 Å². The summed E-state index contributed by atoms with van der Waals surface area (Å²) in [6, 6.07) is 1.39. The Balaban J connectivity index is 1.98. The molecule has 19 heavy (non-hydrogen) atoms. The molecule has 1 fully saturated rings. The molecule has 1 aliphatic rings. The Bertz CT molecular complexity index is 467. The molecule has 0 amide bonds. The van der Waals surface area contributed by atoms with Gasteiger partial charge in [0.05, 0.1) is 10.6 Å². The molecule has 1 heterocycles. The van der Waals surface area contributed by atoms with Gasteiger partial charge in [0.15, 0.2) is 0 Å². The minimum absolute atomic E-state index is 0.0738. The van der Waals surface area contributed by atoms with Crippen molar-refractivity contribution in [3.8, 4) is 0 Å². The number of hydrogen-bond acceptors (Lipinski definition) is 4. The lowest BCUT2D eigenvalue weighted by molar-refractivity contribution is 0.0696. The lowest BCUT2D eigenvalue weighted by Crippen LogP contribution is -2.21. The second kappa shape index (κ2) is 6.21. The third-order valence-corrected chi connectivity index (χ3v) is 3.96. The van der Waals surface area contributed by atoms with Crippen LogP contribution in [0.25, 0.3) is 0 Å². The summed E-state index contributed by atoms with van der Waals surface area (Å²) in [6.07, 6.45) is 4.57. The lowest BCUT2D eigenvalue weighted by Gasteiger charge is -2.18. The summed E-state index contributed by atoms with van der Waals surface area (Å²) in [6.45, 7) is 0.913. The number of halogens is 1. The summed E-state index contributed by atoms with van der Waals surface area (Å²) in [4.78, 5) is 14.8. The van der Waals surface area contributed by atoms with Crippen molar-refractivity contribution in [2.24, 2.45) is 11.8 Å². The van der Waals surface area contributed by atoms with E-state index in [0.29, 0.717) is 29.2 Å². The zero-order valence-corrected chi connectivity index (χ0v) is 11.2. The van der Waals surface area contributed by atoms with Crippen LogP contribution in [-0.2, 0) is 0 Å². The fourth-order valence-corrected chi connectivity index (χ4v) is 2.77. The van der Waals surface area contributed by atoms with Gasteiger partial charge in [0.25, 0.3) is 0 Å². The zero-order chi connectivity index (χ0) is 13.8. The minimum Gasteiger partial charge on any atom is -0.478 e. The van der Waals surface area contributed by atoms with Crippen LogP contribution in [0, 0.1) is 11.8 Å². The van der Waals surface area contributed by atoms with Crippen molar-refractivity contribution in [2.75, 3.05) is 18.5 Å². The number of rotatable bonds is 5. The predicted molar refractivity (Wildman–Crippen MR) is 72.6 cm³/mol. The first-order valence-corrected chi connectivity index (χ1v) is 6.73. The second-order valence-electron chi connectivity index (χ2n) is 4.87. The molecule has 6 heteroatoms. The van der Waals surface area contributed by atoms with Gasteiger partial charge in [0, 0.05) is 19.3 Å². The van der Waals surface area contributed by atoms with Gasteiger partial charge in [-0.2, -0.15) is 0 Å². The van der Waals surface area contributed by atoms with Gasteiger partial charge >= 0.3 is 5.97 Å². The van der Waals surface area contributed by atoms with E-state index in [1.807, 2.05) is 0 Å². The van der Waals surface area contributed by atoms with Crippen molar-refractivity contribution < 1.29 is 15.0 Å². The maximum Gasteiger partial charge on any atom is 0.337 e. The fourth-order valence-electron chi connectivity index (χ4n) is 2.54. The highest BCUT2D eigenvalue weighted by Gasteiger charge is 2.26. The number of carboxylic acids is 1. The molecule has 3 N–H and O–H groups in total. The Hall–Kier alpha value is -1.33. The molecule has 0 saturated heterocycles. The standard InChI is InChI=1S/C13H17ClN2O3/c14-11-4-10(13(18)19)6-16-12(11)15-5-8-2-1-3-9(8)7-17/h4,6,8-9,17H,1-3,5,7H2,(H,15,16)(H,18,19). The molecule has 0 spiro atoms. The van der Waals surface area contributed by atoms with Gasteiger partial charge in [-0.1, -0.05) is 18.0 Å². The third kappa shape index (κ3) is 3.36. The average Bonchev–Trinajstić information content (AvgIpc) is 2.84. The highest BCUT2D eigenvalue weighted by Crippen LogP contribution is 2.31. The summed E-state index contributed by atoms with van der Waals surface area (Å²) >= 11 is 5.99. The highest BCUT2D eigenvalue weighted by molar-refractivity contribution is 6.33. The number of aromatic nitrogens is 1. The molecule has 2 atom stereocenters. The molecule has 1 aromatic heterocycles. The smallest absolute Gasteiger partial charge is 0.337 e. The van der Waals surface area contributed by atoms with Crippen LogP contribution in [0.1, 0.15) is 29.6 Å². The van der Waals surface area contributed by atoms with E-state index in [1.165, 1.54) is 12.3 Å². The topological polar surface area (TPSA) is 82.5 Å². The molecule has 1 saturated carbocycles. The number of hydrogen-bond donors (Lipinski definition) is 3. The van der Waals surface area contributed by atoms with E-state index in [2.05, 4.69) is 10.3 Å². The first-order valence-electron chi connectivity index (χ1n) is 6.35. The van der Waals surface area contributed by atoms with Crippen LogP contribution in [0.3, 0.4) is 0 Å². The molecule has 1 aliphatic carbocycles. The number of aliphatic hydroxyl groups is 1. The van der Waals surface area contributed by atoms with E-state index in [-0.39, 0.29) is 12.2 Å². The number of anilines is 1. The molecule has 2 unspecified atom stereocenters. The van der Waals surface area contributed by atoms with Crippen molar-refractivity contribution in [1.82, 2.24) is 4.98 Å². The summed E-state index contributed by atoms with van der Waals surface area (Å²) in [5, 5.41) is 21.5. The maximum absolute atomic E-state index is 10.8. The Morgan fingerprint density at radius 2 is 2.21 bits per heavy atom. The first-order chi connectivity index (χ1) is 9.11. The first kappa shape index (κ1) is 14.1. The molecule has 0 aromatic carbocycles. The van der Waals surface area contributed by atoms with Gasteiger partial charge in [0.2, 0.25) is 0 Å². The number of aromatic carboxylic acids is 1. The summed E-state index contributed by atoms with van der Waals surface area (Å²) < 4.78 is 0. The van der Waals surface area contributed by atoms with Crippen LogP contribution in [0.15, 0.2) is 12.3 Å². The minimum atomic E-state index is -1.04. The van der Waals surface area contributed by atoms with Crippen molar-refractivity contribution in [3.05, 3.63) is 22.8 Å². The molecular weight excluding hydrogens is 268 g/mol. The van der Waals surface area contributed by atoms with Gasteiger partial charge < -0.3 is 15.5 Å². The van der Waals surface area contributed by atoms with Crippen molar-refractivity contribution in [2.45, 2.75) is 19.3 Å². The zero-order valence-electron chi connectivity index (χ0n) is 10.5. The molecule has 0 radical (unpaired) electrons. The van der Waals surface area contributed by atoms with Crippen LogP contribution >= 0.6 is 11.6 Å². The summed E-state index contributed by atoms with van der Waals surface area (Å²) in [5.74, 6) is 0.207. The molecule has 104 valence electrons. The quantitative estimate of drug-likeness (QED) is 0.772. The summed E-state index contributed by atoms with van der Waals surface area (Å²) in [5.41, 5.74) is 0.0738. The number of carboxylic acid groups (broad SMARTS) is 1. The van der Waals surface area contributed by atoms with Crippen molar-refractivity contribution >= 4 is 23.4 Å². The van der Waals surface area contributed by atoms with Crippen LogP contribution in [0.4, 0.5) is 5.82 Å². The van der Waals surface area contributed by atoms with Crippen LogP contribution in [-0.4, -0.2) is 34.3 Å². The largest absolute Gasteiger partial charge is 0.478 e. The normalized spacial score (nSPS) is 22.4. The number of aliphatic hydroxyl groups excluding tert-OH is 1. The Morgan fingerprint density at radius 1 is 1.47 bits per heavy atom. The van der Waals surface area contributed by atoms with E-state index >= 15 is 0 Å². The van der Waals surface area contributed by atoms with Gasteiger partial charge in [-0.3, -0.25) is 0 Å². The number of nitrogens with zero attached hydrogens (tertiary/aromatic N) is 1. The van der Waals surface area contributed by atoms with Crippen molar-refractivity contribution in [1.29, 1.82) is 0 Å². The molecular formula is C13H17ClN2O3. The number of pyridine rings is 1. The van der Waals surface area contributed by atoms with Crippen LogP contribution < -0.4 is 5.32 Å². The van der Waals surface area contributed by atoms with E-state index in [0.717, 1.165) is 19.3 Å². The highest BCUT2D eigenvalue weighted by atomic mass is 35.5. The molecule has 0 aliphatic heterocycles. The monoisotopic (exact) mass is 284 g/mol. The Morgan fingerprint density at radius 3 is 2.84 bits per heavy atom. The van der Waals surface area contributed by atoms with E-state index < -0.39 is 5.97 Å². The van der Waals surface area contributed by atoms with Crippen LogP contribution in [0.2, 0.25) is 5.02 Å². The van der Waals surface area contributed by atoms with E-state index in [1.54, 1.807) is 0 Å². The van der Waals surface area contributed by atoms with Crippen molar-refractivity contribution in [3.63, 3.8) is 0 Å². The second-order valence-corrected chi connectivity index (χ2v) is 5.28. The molecule has 0 bridgehead atoms. The summed E-state index contributed by atoms with van der Waals surface area (Å²) in [7, 11) is 0. The van der Waals surface area contributed by atoms with Gasteiger partial charge in [-0.05, 0) is 30.7 Å². The fraction of sp³-hybridized carbons (Fsp3) is 0.538. The van der Waals surface area contributed by atoms with E-state index in [9.17, 15) is 9.90 Å². The van der Waals surface area contributed by atoms with Gasteiger partial charge in [0.1, 0.15) is 5.82 Å². The third-order valence-electron chi connectivity index (χ3n) is 3.67. The SMILES string of the molecule is O=C(O)c1cnc(NCC2CCCC2CO)c(Cl)c1. The van der Waals surface area contributed by atoms with Gasteiger partial charge in [-0.25, -0.2) is 9.78 Å². The lowest BCUT2D eigenvalue weighted by atomic mass is 9.97. The molecule has 1 aromatic rings. The Kier molecular flexibility index (Phi) is 4.61. The average molecular weight is 285 g/mol. The molecule has 2 rings (SSSR count). The maximum atomic E-state index is 10.8. The Labute approximate surface area is 116 Å². The number of carbonyl (C=O) groups is 1.